The zero-order chi connectivity index (χ0) is 9.14. The number of hydrogen-bond acceptors (Lipinski definition) is 1. The fourth-order valence-corrected chi connectivity index (χ4v) is 1.93. The monoisotopic (exact) mass is 269 g/mol. The van der Waals surface area contributed by atoms with E-state index in [9.17, 15) is 0 Å². The fraction of sp³-hybridized carbons (Fsp3) is 0.400. The van der Waals surface area contributed by atoms with Crippen molar-refractivity contribution >= 4 is 22.9 Å². The van der Waals surface area contributed by atoms with Crippen LogP contribution in [0.3, 0.4) is 0 Å². The molecule has 63 valence electrons. The van der Waals surface area contributed by atoms with Crippen molar-refractivity contribution < 1.29 is 3.07 Å². The summed E-state index contributed by atoms with van der Waals surface area (Å²) in [5.41, 5.74) is 4.08. The van der Waals surface area contributed by atoms with E-state index < -0.39 is 0 Å². The molecule has 0 spiro atoms. The normalized spacial score (nSPS) is 10.0. The molecule has 1 rings (SSSR count). The minimum absolute atomic E-state index is 1.05. The van der Waals surface area contributed by atoms with E-state index in [1.54, 1.807) is 0 Å². The van der Waals surface area contributed by atoms with Crippen LogP contribution < -0.4 is 3.07 Å². The Hall–Kier alpha value is -0.181. The molecule has 3 radical (unpaired) electrons. The molecule has 0 saturated heterocycles. The van der Waals surface area contributed by atoms with Crippen molar-refractivity contribution in [2.45, 2.75) is 27.2 Å². The second kappa shape index (κ2) is 4.17. The van der Waals surface area contributed by atoms with Gasteiger partial charge in [-0.3, -0.25) is 0 Å². The Bertz CT molecular complexity index is 281. The first-order valence-electron chi connectivity index (χ1n) is 4.13. The predicted octanol–water partition coefficient (Wildman–Crippen LogP) is 2.33. The molecule has 2 heteroatoms. The Morgan fingerprint density at radius 3 is 2.50 bits per heavy atom. The third kappa shape index (κ3) is 1.76. The maximum atomic E-state index is 5.36. The number of benzene rings is 1. The summed E-state index contributed by atoms with van der Waals surface area (Å²) in [6.07, 6.45) is 1.05. The van der Waals surface area contributed by atoms with Gasteiger partial charge in [0.15, 0.2) is 0 Å². The molecule has 0 aliphatic rings. The minimum atomic E-state index is 1.05. The van der Waals surface area contributed by atoms with Gasteiger partial charge in [0.1, 0.15) is 0 Å². The summed E-state index contributed by atoms with van der Waals surface area (Å²) in [7, 11) is 0. The predicted molar refractivity (Wildman–Crippen MR) is 51.7 cm³/mol. The Morgan fingerprint density at radius 2 is 2.00 bits per heavy atom. The Morgan fingerprint density at radius 1 is 1.33 bits per heavy atom. The molecule has 0 fully saturated rings. The van der Waals surface area contributed by atoms with Gasteiger partial charge in [-0.15, -0.1) is 0 Å². The van der Waals surface area contributed by atoms with Crippen LogP contribution in [0.2, 0.25) is 0 Å². The Kier molecular flexibility index (Phi) is 3.44. The molecule has 0 bridgehead atoms. The molecular formula is C10H13OSn. The second-order valence-electron chi connectivity index (χ2n) is 2.94. The summed E-state index contributed by atoms with van der Waals surface area (Å²) < 4.78 is 5.36. The van der Waals surface area contributed by atoms with Crippen molar-refractivity contribution in [1.29, 1.82) is 0 Å². The van der Waals surface area contributed by atoms with Crippen molar-refractivity contribution in [3.05, 3.63) is 28.8 Å². The topological polar surface area (TPSA) is 9.23 Å². The van der Waals surface area contributed by atoms with Crippen molar-refractivity contribution in [2.75, 3.05) is 0 Å². The van der Waals surface area contributed by atoms with E-state index in [1.165, 1.54) is 16.7 Å². The van der Waals surface area contributed by atoms with E-state index in [2.05, 4.69) is 32.9 Å². The summed E-state index contributed by atoms with van der Waals surface area (Å²) in [6.45, 7) is 6.47. The number of hydrogen-bond donors (Lipinski definition) is 0. The molecule has 0 saturated carbocycles. The van der Waals surface area contributed by atoms with Crippen molar-refractivity contribution in [1.82, 2.24) is 0 Å². The van der Waals surface area contributed by atoms with E-state index >= 15 is 0 Å². The van der Waals surface area contributed by atoms with Gasteiger partial charge in [0, 0.05) is 0 Å². The molecule has 0 amide bonds. The molecular weight excluding hydrogens is 255 g/mol. The Labute approximate surface area is 87.8 Å². The van der Waals surface area contributed by atoms with Crippen LogP contribution in [-0.2, 0) is 6.42 Å². The van der Waals surface area contributed by atoms with Gasteiger partial charge in [-0.25, -0.2) is 0 Å². The molecule has 0 aromatic heterocycles. The summed E-state index contributed by atoms with van der Waals surface area (Å²) in [5, 5.41) is 0. The summed E-state index contributed by atoms with van der Waals surface area (Å²) in [6, 6.07) is 4.18. The van der Waals surface area contributed by atoms with Gasteiger partial charge >= 0.3 is 87.8 Å². The van der Waals surface area contributed by atoms with Crippen LogP contribution in [0, 0.1) is 13.8 Å². The second-order valence-corrected chi connectivity index (χ2v) is 3.52. The zero-order valence-corrected chi connectivity index (χ0v) is 10.6. The molecule has 1 nitrogen and oxygen atoms in total. The first-order valence-corrected chi connectivity index (χ1v) is 5.29. The van der Waals surface area contributed by atoms with E-state index in [4.69, 9.17) is 3.07 Å². The SMILES string of the molecule is CCc1c([O][Sn])ccc(C)c1C. The molecule has 1 aromatic rings. The van der Waals surface area contributed by atoms with Crippen LogP contribution in [0.1, 0.15) is 23.6 Å². The van der Waals surface area contributed by atoms with E-state index in [0.29, 0.717) is 0 Å². The molecule has 12 heavy (non-hydrogen) atoms. The first kappa shape index (κ1) is 9.90. The van der Waals surface area contributed by atoms with Crippen LogP contribution in [0.25, 0.3) is 0 Å². The molecule has 0 atom stereocenters. The standard InChI is InChI=1S/C10H14O.Sn/c1-4-9-8(3)7(2)5-6-10(9)11;/h5-6,11H,4H2,1-3H3;/q;+1/p-1. The quantitative estimate of drug-likeness (QED) is 0.748. The third-order valence-electron chi connectivity index (χ3n) is 2.29. The maximum absolute atomic E-state index is 5.36. The fourth-order valence-electron chi connectivity index (χ4n) is 1.38. The summed E-state index contributed by atoms with van der Waals surface area (Å²) >= 11 is 1.11. The number of rotatable bonds is 2. The van der Waals surface area contributed by atoms with Crippen LogP contribution in [-0.4, -0.2) is 22.9 Å². The van der Waals surface area contributed by atoms with Crippen LogP contribution in [0.15, 0.2) is 12.1 Å². The van der Waals surface area contributed by atoms with Gasteiger partial charge in [-0.05, 0) is 0 Å². The Balaban J connectivity index is 3.25. The average molecular weight is 268 g/mol. The van der Waals surface area contributed by atoms with Gasteiger partial charge in [0.25, 0.3) is 0 Å². The van der Waals surface area contributed by atoms with E-state index in [-0.39, 0.29) is 0 Å². The molecule has 0 aliphatic carbocycles. The molecule has 0 unspecified atom stereocenters. The zero-order valence-electron chi connectivity index (χ0n) is 7.77. The molecule has 0 aliphatic heterocycles. The van der Waals surface area contributed by atoms with Gasteiger partial charge < -0.3 is 0 Å². The van der Waals surface area contributed by atoms with Gasteiger partial charge in [-0.1, -0.05) is 0 Å². The molecule has 1 aromatic carbocycles. The molecule has 0 heterocycles. The van der Waals surface area contributed by atoms with E-state index in [1.807, 2.05) is 0 Å². The van der Waals surface area contributed by atoms with Crippen molar-refractivity contribution in [3.8, 4) is 5.75 Å². The van der Waals surface area contributed by atoms with Crippen molar-refractivity contribution in [2.24, 2.45) is 0 Å². The molecule has 0 N–H and O–H groups in total. The number of aryl methyl sites for hydroxylation is 1. The van der Waals surface area contributed by atoms with Gasteiger partial charge in [0.05, 0.1) is 0 Å². The van der Waals surface area contributed by atoms with Crippen LogP contribution >= 0.6 is 0 Å². The summed E-state index contributed by atoms with van der Waals surface area (Å²) in [5.74, 6) is 1.05. The van der Waals surface area contributed by atoms with Crippen LogP contribution in [0.5, 0.6) is 5.75 Å². The summed E-state index contributed by atoms with van der Waals surface area (Å²) in [4.78, 5) is 0. The van der Waals surface area contributed by atoms with E-state index in [0.717, 1.165) is 35.1 Å². The average Bonchev–Trinajstić information content (AvgIpc) is 2.09. The third-order valence-corrected chi connectivity index (χ3v) is 2.92. The van der Waals surface area contributed by atoms with Crippen molar-refractivity contribution in [3.63, 3.8) is 0 Å². The van der Waals surface area contributed by atoms with Gasteiger partial charge in [-0.2, -0.15) is 0 Å². The first-order chi connectivity index (χ1) is 5.70. The van der Waals surface area contributed by atoms with Gasteiger partial charge in [0.2, 0.25) is 0 Å². The van der Waals surface area contributed by atoms with Crippen LogP contribution in [0.4, 0.5) is 0 Å².